The highest BCUT2D eigenvalue weighted by Gasteiger charge is 2.27. The van der Waals surface area contributed by atoms with E-state index in [2.05, 4.69) is 10.2 Å². The second-order valence-electron chi connectivity index (χ2n) is 6.59. The molecule has 1 heterocycles. The zero-order valence-corrected chi connectivity index (χ0v) is 14.7. The summed E-state index contributed by atoms with van der Waals surface area (Å²) >= 11 is 0. The number of likely N-dealkylation sites (tertiary alicyclic amines) is 1. The van der Waals surface area contributed by atoms with Crippen molar-refractivity contribution in [2.75, 3.05) is 32.7 Å². The Balaban J connectivity index is 2.01. The summed E-state index contributed by atoms with van der Waals surface area (Å²) in [5.74, 6) is -0.319. The van der Waals surface area contributed by atoms with Gasteiger partial charge in [-0.3, -0.25) is 14.5 Å². The van der Waals surface area contributed by atoms with Gasteiger partial charge in [0.25, 0.3) is 5.91 Å². The summed E-state index contributed by atoms with van der Waals surface area (Å²) in [6, 6.07) is 4.12. The molecule has 1 fully saturated rings. The highest BCUT2D eigenvalue weighted by atomic mass is 31.2. The number of nitrogens with zero attached hydrogens (tertiary/aromatic N) is 1. The van der Waals surface area contributed by atoms with Gasteiger partial charge in [-0.15, -0.1) is 0 Å². The minimum Gasteiger partial charge on any atom is -0.423 e. The molecule has 0 spiro atoms. The van der Waals surface area contributed by atoms with Gasteiger partial charge in [0, 0.05) is 30.3 Å². The van der Waals surface area contributed by atoms with Crippen molar-refractivity contribution < 1.29 is 24.2 Å². The molecule has 0 aliphatic carbocycles. The minimum atomic E-state index is -2.13. The predicted octanol–water partition coefficient (Wildman–Crippen LogP) is -0.437. The standard InChI is InChI=1S/C15H22BN2O5P/c1-24(2,23)10-18-6-5-13(8-18)17-15(20)11-3-4-14(16(21)22)12(7-11)9-19/h3-4,7,9,13,21-22H,5-6,8,10H2,1-2H3,(H,17,20). The van der Waals surface area contributed by atoms with Gasteiger partial charge in [-0.1, -0.05) is 6.07 Å². The zero-order chi connectivity index (χ0) is 17.9. The van der Waals surface area contributed by atoms with Crippen LogP contribution in [0, 0.1) is 0 Å². The molecule has 0 bridgehead atoms. The van der Waals surface area contributed by atoms with Crippen LogP contribution in [0.2, 0.25) is 0 Å². The van der Waals surface area contributed by atoms with Crippen LogP contribution >= 0.6 is 7.14 Å². The van der Waals surface area contributed by atoms with Crippen LogP contribution in [0.5, 0.6) is 0 Å². The van der Waals surface area contributed by atoms with Crippen LogP contribution in [0.3, 0.4) is 0 Å². The summed E-state index contributed by atoms with van der Waals surface area (Å²) in [6.07, 6.45) is 1.81. The molecule has 0 saturated carbocycles. The van der Waals surface area contributed by atoms with Crippen LogP contribution in [0.25, 0.3) is 0 Å². The maximum atomic E-state index is 12.3. The third-order valence-corrected chi connectivity index (χ3v) is 4.98. The second kappa shape index (κ2) is 7.61. The molecule has 1 aliphatic heterocycles. The normalized spacial score (nSPS) is 18.4. The maximum absolute atomic E-state index is 12.3. The van der Waals surface area contributed by atoms with E-state index in [9.17, 15) is 24.2 Å². The number of hydrogen-bond donors (Lipinski definition) is 3. The van der Waals surface area contributed by atoms with Crippen LogP contribution in [0.4, 0.5) is 0 Å². The molecule has 1 atom stereocenters. The maximum Gasteiger partial charge on any atom is 0.489 e. The molecule has 1 aliphatic rings. The molecule has 2 rings (SSSR count). The van der Waals surface area contributed by atoms with Crippen molar-refractivity contribution in [3.8, 4) is 0 Å². The second-order valence-corrected chi connectivity index (χ2v) is 10.0. The van der Waals surface area contributed by atoms with Gasteiger partial charge in [0.05, 0.1) is 13.4 Å². The largest absolute Gasteiger partial charge is 0.489 e. The van der Waals surface area contributed by atoms with Gasteiger partial charge >= 0.3 is 7.12 Å². The average molecular weight is 352 g/mol. The van der Waals surface area contributed by atoms with Crippen molar-refractivity contribution in [3.63, 3.8) is 0 Å². The Morgan fingerprint density at radius 1 is 1.46 bits per heavy atom. The number of amides is 1. The molecular weight excluding hydrogens is 330 g/mol. The number of rotatable bonds is 6. The molecule has 1 amide bonds. The summed E-state index contributed by atoms with van der Waals surface area (Å²) in [4.78, 5) is 25.4. The summed E-state index contributed by atoms with van der Waals surface area (Å²) in [5.41, 5.74) is 0.426. The van der Waals surface area contributed by atoms with E-state index in [1.165, 1.54) is 18.2 Å². The zero-order valence-electron chi connectivity index (χ0n) is 13.8. The van der Waals surface area contributed by atoms with Crippen molar-refractivity contribution in [2.45, 2.75) is 12.5 Å². The molecule has 1 aromatic rings. The lowest BCUT2D eigenvalue weighted by Gasteiger charge is -2.19. The molecule has 130 valence electrons. The Bertz CT molecular complexity index is 676. The van der Waals surface area contributed by atoms with Crippen LogP contribution in [-0.2, 0) is 4.57 Å². The van der Waals surface area contributed by atoms with E-state index in [-0.39, 0.29) is 28.5 Å². The summed E-state index contributed by atoms with van der Waals surface area (Å²) in [5, 5.41) is 21.3. The number of aldehydes is 1. The lowest BCUT2D eigenvalue weighted by atomic mass is 9.77. The van der Waals surface area contributed by atoms with Crippen LogP contribution in [0.1, 0.15) is 27.1 Å². The van der Waals surface area contributed by atoms with Gasteiger partial charge in [-0.25, -0.2) is 0 Å². The van der Waals surface area contributed by atoms with E-state index in [0.29, 0.717) is 19.1 Å². The fraction of sp³-hybridized carbons (Fsp3) is 0.467. The van der Waals surface area contributed by atoms with Crippen molar-refractivity contribution in [3.05, 3.63) is 29.3 Å². The predicted molar refractivity (Wildman–Crippen MR) is 93.4 cm³/mol. The molecule has 7 nitrogen and oxygen atoms in total. The number of carbonyl (C=O) groups is 2. The molecule has 1 unspecified atom stereocenters. The Hall–Kier alpha value is -1.47. The highest BCUT2D eigenvalue weighted by molar-refractivity contribution is 7.62. The highest BCUT2D eigenvalue weighted by Crippen LogP contribution is 2.37. The van der Waals surface area contributed by atoms with E-state index in [1.807, 2.05) is 0 Å². The molecule has 9 heteroatoms. The number of nitrogens with one attached hydrogen (secondary N) is 1. The molecule has 1 aromatic carbocycles. The lowest BCUT2D eigenvalue weighted by Crippen LogP contribution is -2.38. The third kappa shape index (κ3) is 5.01. The fourth-order valence-electron chi connectivity index (χ4n) is 2.88. The van der Waals surface area contributed by atoms with Crippen LogP contribution < -0.4 is 10.8 Å². The van der Waals surface area contributed by atoms with E-state index in [0.717, 1.165) is 13.0 Å². The number of carbonyl (C=O) groups excluding carboxylic acids is 2. The van der Waals surface area contributed by atoms with E-state index >= 15 is 0 Å². The SMILES string of the molecule is CP(C)(=O)CN1CCC(NC(=O)c2ccc(B(O)O)c(C=O)c2)C1. The quantitative estimate of drug-likeness (QED) is 0.364. The summed E-state index contributed by atoms with van der Waals surface area (Å²) in [7, 11) is -3.89. The van der Waals surface area contributed by atoms with Crippen molar-refractivity contribution in [1.29, 1.82) is 0 Å². The summed E-state index contributed by atoms with van der Waals surface area (Å²) in [6.45, 7) is 4.92. The van der Waals surface area contributed by atoms with Gasteiger partial charge in [0.15, 0.2) is 0 Å². The Morgan fingerprint density at radius 3 is 2.75 bits per heavy atom. The first-order chi connectivity index (χ1) is 11.2. The first-order valence-electron chi connectivity index (χ1n) is 7.72. The van der Waals surface area contributed by atoms with E-state index in [4.69, 9.17) is 0 Å². The van der Waals surface area contributed by atoms with Crippen LogP contribution in [0.15, 0.2) is 18.2 Å². The Morgan fingerprint density at radius 2 is 2.17 bits per heavy atom. The first kappa shape index (κ1) is 18.9. The molecule has 0 radical (unpaired) electrons. The summed E-state index contributed by atoms with van der Waals surface area (Å²) < 4.78 is 11.9. The van der Waals surface area contributed by atoms with Gasteiger partial charge < -0.3 is 19.9 Å². The molecule has 0 aromatic heterocycles. The van der Waals surface area contributed by atoms with Gasteiger partial charge in [-0.2, -0.15) is 0 Å². The van der Waals surface area contributed by atoms with Crippen molar-refractivity contribution in [2.24, 2.45) is 0 Å². The number of benzene rings is 1. The van der Waals surface area contributed by atoms with E-state index in [1.54, 1.807) is 13.3 Å². The van der Waals surface area contributed by atoms with Gasteiger partial charge in [-0.05, 0) is 37.3 Å². The monoisotopic (exact) mass is 352 g/mol. The Kier molecular flexibility index (Phi) is 5.99. The Labute approximate surface area is 141 Å². The van der Waals surface area contributed by atoms with Crippen molar-refractivity contribution in [1.82, 2.24) is 10.2 Å². The fourth-order valence-corrected chi connectivity index (χ4v) is 4.10. The van der Waals surface area contributed by atoms with Gasteiger partial charge in [0.2, 0.25) is 0 Å². The molecule has 1 saturated heterocycles. The molecule has 24 heavy (non-hydrogen) atoms. The third-order valence-electron chi connectivity index (χ3n) is 3.90. The van der Waals surface area contributed by atoms with E-state index < -0.39 is 14.3 Å². The lowest BCUT2D eigenvalue weighted by molar-refractivity contribution is 0.0938. The minimum absolute atomic E-state index is 0.0353. The smallest absolute Gasteiger partial charge is 0.423 e. The molecule has 3 N–H and O–H groups in total. The topological polar surface area (TPSA) is 107 Å². The van der Waals surface area contributed by atoms with Crippen LogP contribution in [-0.4, -0.2) is 73.0 Å². The van der Waals surface area contributed by atoms with Crippen molar-refractivity contribution >= 4 is 31.9 Å². The number of hydrogen-bond acceptors (Lipinski definition) is 6. The van der Waals surface area contributed by atoms with Gasteiger partial charge in [0.1, 0.15) is 6.29 Å². The molecular formula is C15H22BN2O5P. The average Bonchev–Trinajstić information content (AvgIpc) is 2.91. The first-order valence-corrected chi connectivity index (χ1v) is 10.5.